The van der Waals surface area contributed by atoms with Crippen molar-refractivity contribution in [2.45, 2.75) is 20.3 Å². The second-order valence-corrected chi connectivity index (χ2v) is 5.16. The Morgan fingerprint density at radius 2 is 2.25 bits per heavy atom. The highest BCUT2D eigenvalue weighted by atomic mass is 16.6. The van der Waals surface area contributed by atoms with E-state index in [0.717, 1.165) is 6.21 Å². The van der Waals surface area contributed by atoms with Crippen LogP contribution in [0, 0.1) is 11.3 Å². The third-order valence-corrected chi connectivity index (χ3v) is 3.13. The lowest BCUT2D eigenvalue weighted by molar-refractivity contribution is -0.150. The standard InChI is InChI=1S/C14H19NO5/c1-5-6-20-15-8-9-10(16)7-14(2,3)11(12(9)17)13(18)19-4/h5,8,11,17H,1,6-7H2,2-4H3/b15-8+/t11-/m1/s1. The molecule has 20 heavy (non-hydrogen) atoms. The molecule has 0 heterocycles. The van der Waals surface area contributed by atoms with E-state index < -0.39 is 17.3 Å². The molecule has 0 amide bonds. The first-order valence-corrected chi connectivity index (χ1v) is 6.15. The largest absolute Gasteiger partial charge is 0.511 e. The van der Waals surface area contributed by atoms with E-state index in [9.17, 15) is 14.7 Å². The predicted octanol–water partition coefficient (Wildman–Crippen LogP) is 1.78. The molecule has 0 unspecified atom stereocenters. The summed E-state index contributed by atoms with van der Waals surface area (Å²) in [6.45, 7) is 7.09. The summed E-state index contributed by atoms with van der Waals surface area (Å²) in [4.78, 5) is 28.6. The molecule has 0 saturated carbocycles. The van der Waals surface area contributed by atoms with E-state index in [-0.39, 0.29) is 30.1 Å². The zero-order valence-electron chi connectivity index (χ0n) is 11.9. The number of methoxy groups -OCH3 is 1. The van der Waals surface area contributed by atoms with Gasteiger partial charge in [-0.3, -0.25) is 9.59 Å². The van der Waals surface area contributed by atoms with Crippen LogP contribution < -0.4 is 0 Å². The highest BCUT2D eigenvalue weighted by molar-refractivity contribution is 6.15. The fourth-order valence-electron chi connectivity index (χ4n) is 2.15. The number of carbonyl (C=O) groups is 2. The molecule has 1 N–H and O–H groups in total. The van der Waals surface area contributed by atoms with E-state index in [2.05, 4.69) is 16.5 Å². The number of ether oxygens (including phenoxy) is 1. The molecular weight excluding hydrogens is 262 g/mol. The number of aliphatic hydroxyl groups excluding tert-OH is 1. The molecule has 0 aromatic heterocycles. The van der Waals surface area contributed by atoms with Crippen molar-refractivity contribution in [3.63, 3.8) is 0 Å². The van der Waals surface area contributed by atoms with Crippen LogP contribution in [0.25, 0.3) is 0 Å². The van der Waals surface area contributed by atoms with Gasteiger partial charge in [0.15, 0.2) is 5.78 Å². The molecule has 6 nitrogen and oxygen atoms in total. The third kappa shape index (κ3) is 3.26. The maximum absolute atomic E-state index is 12.0. The van der Waals surface area contributed by atoms with Gasteiger partial charge in [-0.15, -0.1) is 0 Å². The molecule has 0 radical (unpaired) electrons. The van der Waals surface area contributed by atoms with Gasteiger partial charge in [-0.1, -0.05) is 31.7 Å². The van der Waals surface area contributed by atoms with Crippen molar-refractivity contribution in [2.24, 2.45) is 16.5 Å². The maximum Gasteiger partial charge on any atom is 0.316 e. The molecule has 0 saturated heterocycles. The van der Waals surface area contributed by atoms with Crippen LogP contribution in [0.15, 0.2) is 29.1 Å². The zero-order valence-corrected chi connectivity index (χ0v) is 11.9. The quantitative estimate of drug-likeness (QED) is 0.273. The second kappa shape index (κ2) is 6.36. The van der Waals surface area contributed by atoms with Crippen molar-refractivity contribution in [2.75, 3.05) is 13.7 Å². The summed E-state index contributed by atoms with van der Waals surface area (Å²) in [5, 5.41) is 13.7. The van der Waals surface area contributed by atoms with Crippen LogP contribution in [0.3, 0.4) is 0 Å². The average Bonchev–Trinajstić information content (AvgIpc) is 2.36. The number of carbonyl (C=O) groups excluding carboxylic acids is 2. The number of rotatable bonds is 5. The Kier molecular flexibility index (Phi) is 5.07. The second-order valence-electron chi connectivity index (χ2n) is 5.16. The van der Waals surface area contributed by atoms with Crippen LogP contribution in [-0.2, 0) is 19.2 Å². The van der Waals surface area contributed by atoms with E-state index in [1.807, 2.05) is 0 Å². The van der Waals surface area contributed by atoms with Gasteiger partial charge in [-0.2, -0.15) is 0 Å². The lowest BCUT2D eigenvalue weighted by Gasteiger charge is -2.35. The molecule has 0 bridgehead atoms. The molecule has 0 aromatic carbocycles. The number of ketones is 1. The molecule has 0 spiro atoms. The highest BCUT2D eigenvalue weighted by Gasteiger charge is 2.46. The number of Topliss-reactive ketones (excluding diaryl/α,β-unsaturated/α-hetero) is 1. The molecular formula is C14H19NO5. The number of nitrogens with zero attached hydrogens (tertiary/aromatic N) is 1. The van der Waals surface area contributed by atoms with Gasteiger partial charge in [0.1, 0.15) is 18.3 Å². The minimum Gasteiger partial charge on any atom is -0.511 e. The lowest BCUT2D eigenvalue weighted by Crippen LogP contribution is -2.40. The first kappa shape index (κ1) is 15.9. The molecule has 6 heteroatoms. The van der Waals surface area contributed by atoms with Gasteiger partial charge < -0.3 is 14.7 Å². The molecule has 0 fully saturated rings. The summed E-state index contributed by atoms with van der Waals surface area (Å²) in [5.74, 6) is -2.10. The smallest absolute Gasteiger partial charge is 0.316 e. The van der Waals surface area contributed by atoms with Crippen molar-refractivity contribution in [1.82, 2.24) is 0 Å². The normalized spacial score (nSPS) is 21.9. The van der Waals surface area contributed by atoms with Crippen molar-refractivity contribution in [1.29, 1.82) is 0 Å². The van der Waals surface area contributed by atoms with Crippen LogP contribution in [0.2, 0.25) is 0 Å². The third-order valence-electron chi connectivity index (χ3n) is 3.13. The fourth-order valence-corrected chi connectivity index (χ4v) is 2.15. The monoisotopic (exact) mass is 281 g/mol. The van der Waals surface area contributed by atoms with Gasteiger partial charge in [-0.25, -0.2) is 0 Å². The fraction of sp³-hybridized carbons (Fsp3) is 0.500. The van der Waals surface area contributed by atoms with Gasteiger partial charge in [0, 0.05) is 6.42 Å². The van der Waals surface area contributed by atoms with Gasteiger partial charge >= 0.3 is 5.97 Å². The summed E-state index contributed by atoms with van der Waals surface area (Å²) in [6, 6.07) is 0. The van der Waals surface area contributed by atoms with Crippen LogP contribution in [0.5, 0.6) is 0 Å². The predicted molar refractivity (Wildman–Crippen MR) is 73.2 cm³/mol. The van der Waals surface area contributed by atoms with Crippen molar-refractivity contribution in [3.05, 3.63) is 24.0 Å². The van der Waals surface area contributed by atoms with E-state index in [4.69, 9.17) is 4.84 Å². The SMILES string of the molecule is C=CCO/N=C/C1=C(O)[C@H](C(=O)OC)C(C)(C)CC1=O. The Morgan fingerprint density at radius 1 is 1.60 bits per heavy atom. The Labute approximate surface area is 117 Å². The molecule has 1 atom stereocenters. The first-order chi connectivity index (χ1) is 9.35. The number of allylic oxidation sites excluding steroid dienone is 1. The number of hydrogen-bond acceptors (Lipinski definition) is 6. The summed E-state index contributed by atoms with van der Waals surface area (Å²) in [6.07, 6.45) is 2.72. The summed E-state index contributed by atoms with van der Waals surface area (Å²) < 4.78 is 4.69. The molecule has 1 rings (SSSR count). The lowest BCUT2D eigenvalue weighted by atomic mass is 9.68. The zero-order chi connectivity index (χ0) is 15.3. The van der Waals surface area contributed by atoms with E-state index in [0.29, 0.717) is 0 Å². The minimum absolute atomic E-state index is 0.0243. The number of hydrogen-bond donors (Lipinski definition) is 1. The summed E-state index contributed by atoms with van der Waals surface area (Å²) in [7, 11) is 1.24. The van der Waals surface area contributed by atoms with Gasteiger partial charge in [-0.05, 0) is 5.41 Å². The van der Waals surface area contributed by atoms with Crippen molar-refractivity contribution < 1.29 is 24.3 Å². The highest BCUT2D eigenvalue weighted by Crippen LogP contribution is 2.41. The van der Waals surface area contributed by atoms with Crippen LogP contribution >= 0.6 is 0 Å². The topological polar surface area (TPSA) is 85.2 Å². The van der Waals surface area contributed by atoms with Gasteiger partial charge in [0.05, 0.1) is 18.9 Å². The summed E-state index contributed by atoms with van der Waals surface area (Å²) >= 11 is 0. The maximum atomic E-state index is 12.0. The van der Waals surface area contributed by atoms with Gasteiger partial charge in [0.25, 0.3) is 0 Å². The molecule has 0 aromatic rings. The number of esters is 1. The molecule has 1 aliphatic carbocycles. The van der Waals surface area contributed by atoms with Crippen LogP contribution in [0.1, 0.15) is 20.3 Å². The van der Waals surface area contributed by atoms with Crippen LogP contribution in [0.4, 0.5) is 0 Å². The minimum atomic E-state index is -0.897. The average molecular weight is 281 g/mol. The Balaban J connectivity index is 3.12. The van der Waals surface area contributed by atoms with Crippen molar-refractivity contribution in [3.8, 4) is 0 Å². The summed E-state index contributed by atoms with van der Waals surface area (Å²) in [5.41, 5.74) is -0.739. The van der Waals surface area contributed by atoms with Crippen LogP contribution in [-0.4, -0.2) is 36.8 Å². The molecule has 110 valence electrons. The molecule has 1 aliphatic rings. The Morgan fingerprint density at radius 3 is 2.80 bits per heavy atom. The van der Waals surface area contributed by atoms with Gasteiger partial charge in [0.2, 0.25) is 0 Å². The number of aliphatic hydroxyl groups is 1. The Hall–Kier alpha value is -2.11. The Bertz CT molecular complexity index is 476. The van der Waals surface area contributed by atoms with Crippen molar-refractivity contribution >= 4 is 18.0 Å². The molecule has 0 aliphatic heterocycles. The van der Waals surface area contributed by atoms with E-state index >= 15 is 0 Å². The number of oxime groups is 1. The van der Waals surface area contributed by atoms with E-state index in [1.165, 1.54) is 13.2 Å². The first-order valence-electron chi connectivity index (χ1n) is 6.15. The van der Waals surface area contributed by atoms with E-state index in [1.54, 1.807) is 13.8 Å².